The van der Waals surface area contributed by atoms with E-state index in [-0.39, 0.29) is 35.4 Å². The summed E-state index contributed by atoms with van der Waals surface area (Å²) in [6, 6.07) is 10.2. The SMILES string of the molecule is CC.COC(=N)CC1c2csc(F)c2N=C(N2CCN(c3cccc(OC)c3)CC2)N1c1cc(C(F)(F)F)ccc1OC. The van der Waals surface area contributed by atoms with Gasteiger partial charge in [-0.1, -0.05) is 19.9 Å². The molecular weight excluding hydrogens is 586 g/mol. The van der Waals surface area contributed by atoms with E-state index in [1.807, 2.05) is 43.0 Å². The van der Waals surface area contributed by atoms with Crippen molar-refractivity contribution in [1.82, 2.24) is 4.90 Å². The van der Waals surface area contributed by atoms with Crippen molar-refractivity contribution in [2.75, 3.05) is 57.3 Å². The van der Waals surface area contributed by atoms with Crippen LogP contribution in [0.4, 0.5) is 34.6 Å². The Morgan fingerprint density at radius 2 is 1.70 bits per heavy atom. The number of piperazine rings is 1. The van der Waals surface area contributed by atoms with Gasteiger partial charge in [-0.2, -0.15) is 17.6 Å². The van der Waals surface area contributed by atoms with E-state index in [2.05, 4.69) is 9.89 Å². The standard InChI is InChI=1S/C28H29F4N5O3S.C2H6/c1-38-19-6-4-5-18(14-19)35-9-11-36(12-10-35)27-34-25-20(16-41-26(25)29)21(15-24(33)40-3)37(27)22-13-17(28(30,31)32)7-8-23(22)39-2;1-2/h4-8,13-14,16,21,33H,9-12,15H2,1-3H3;1-2H3. The molecule has 1 fully saturated rings. The lowest BCUT2D eigenvalue weighted by Gasteiger charge is -2.45. The molecule has 1 saturated heterocycles. The molecule has 1 atom stereocenters. The van der Waals surface area contributed by atoms with E-state index in [4.69, 9.17) is 19.6 Å². The van der Waals surface area contributed by atoms with Crippen molar-refractivity contribution in [2.45, 2.75) is 32.5 Å². The molecule has 0 saturated carbocycles. The Morgan fingerprint density at radius 1 is 1.00 bits per heavy atom. The number of benzene rings is 2. The van der Waals surface area contributed by atoms with Crippen LogP contribution in [0, 0.1) is 10.5 Å². The topological polar surface area (TPSA) is 73.6 Å². The number of anilines is 2. The first-order valence-electron chi connectivity index (χ1n) is 13.8. The lowest BCUT2D eigenvalue weighted by atomic mass is 10.00. The minimum absolute atomic E-state index is 0.0259. The van der Waals surface area contributed by atoms with Crippen LogP contribution in [0.25, 0.3) is 0 Å². The van der Waals surface area contributed by atoms with Crippen LogP contribution in [0.3, 0.4) is 0 Å². The third kappa shape index (κ3) is 6.66. The van der Waals surface area contributed by atoms with Gasteiger partial charge < -0.3 is 28.9 Å². The molecule has 5 rings (SSSR count). The zero-order valence-corrected chi connectivity index (χ0v) is 25.5. The fourth-order valence-corrected chi connectivity index (χ4v) is 5.88. The highest BCUT2D eigenvalue weighted by atomic mass is 32.1. The highest BCUT2D eigenvalue weighted by Gasteiger charge is 2.40. The number of ether oxygens (including phenoxy) is 3. The van der Waals surface area contributed by atoms with Gasteiger partial charge in [0, 0.05) is 55.3 Å². The number of fused-ring (bicyclic) bond motifs is 1. The van der Waals surface area contributed by atoms with Gasteiger partial charge in [0.25, 0.3) is 0 Å². The quantitative estimate of drug-likeness (QED) is 0.177. The van der Waals surface area contributed by atoms with Crippen LogP contribution in [0.1, 0.15) is 37.4 Å². The number of rotatable bonds is 6. The van der Waals surface area contributed by atoms with Crippen molar-refractivity contribution in [1.29, 1.82) is 5.41 Å². The minimum atomic E-state index is -4.61. The summed E-state index contributed by atoms with van der Waals surface area (Å²) in [6.07, 6.45) is -4.63. The molecule has 0 spiro atoms. The number of thiophene rings is 1. The van der Waals surface area contributed by atoms with Crippen molar-refractivity contribution in [3.63, 3.8) is 0 Å². The average molecular weight is 622 g/mol. The Hall–Kier alpha value is -4.00. The molecule has 8 nitrogen and oxygen atoms in total. The van der Waals surface area contributed by atoms with Gasteiger partial charge in [0.05, 0.1) is 38.6 Å². The molecule has 1 aromatic heterocycles. The Labute approximate surface area is 252 Å². The maximum absolute atomic E-state index is 15.0. The van der Waals surface area contributed by atoms with E-state index in [0.717, 1.165) is 34.9 Å². The van der Waals surface area contributed by atoms with Crippen molar-refractivity contribution in [2.24, 2.45) is 4.99 Å². The molecule has 1 unspecified atom stereocenters. The number of methoxy groups -OCH3 is 3. The minimum Gasteiger partial charge on any atom is -0.497 e. The van der Waals surface area contributed by atoms with Gasteiger partial charge in [-0.3, -0.25) is 5.41 Å². The van der Waals surface area contributed by atoms with Crippen molar-refractivity contribution >= 4 is 40.3 Å². The second-order valence-electron chi connectivity index (χ2n) is 9.50. The normalized spacial score (nSPS) is 16.5. The monoisotopic (exact) mass is 621 g/mol. The number of hydrogen-bond acceptors (Lipinski definition) is 9. The molecule has 232 valence electrons. The molecule has 2 aliphatic heterocycles. The number of alkyl halides is 3. The second kappa shape index (κ2) is 13.5. The van der Waals surface area contributed by atoms with Crippen LogP contribution in [-0.4, -0.2) is 64.3 Å². The van der Waals surface area contributed by atoms with Crippen LogP contribution in [0.15, 0.2) is 52.8 Å². The zero-order chi connectivity index (χ0) is 31.3. The predicted octanol–water partition coefficient (Wildman–Crippen LogP) is 7.33. The maximum atomic E-state index is 15.0. The molecule has 0 amide bonds. The highest BCUT2D eigenvalue weighted by Crippen LogP contribution is 2.47. The Kier molecular flexibility index (Phi) is 10.0. The Morgan fingerprint density at radius 3 is 2.33 bits per heavy atom. The lowest BCUT2D eigenvalue weighted by molar-refractivity contribution is -0.137. The van der Waals surface area contributed by atoms with Crippen LogP contribution in [-0.2, 0) is 10.9 Å². The van der Waals surface area contributed by atoms with Crippen LogP contribution in [0.5, 0.6) is 11.5 Å². The number of guanidine groups is 1. The molecule has 3 aromatic rings. The van der Waals surface area contributed by atoms with Gasteiger partial charge in [-0.05, 0) is 30.3 Å². The molecular formula is C30H35F4N5O3S. The maximum Gasteiger partial charge on any atom is 0.416 e. The average Bonchev–Trinajstić information content (AvgIpc) is 3.41. The summed E-state index contributed by atoms with van der Waals surface area (Å²) in [5.41, 5.74) is 0.813. The van der Waals surface area contributed by atoms with Crippen LogP contribution >= 0.6 is 11.3 Å². The number of aliphatic imine (C=N–C) groups is 1. The number of halogens is 4. The zero-order valence-electron chi connectivity index (χ0n) is 24.7. The number of hydrogen-bond donors (Lipinski definition) is 1. The first kappa shape index (κ1) is 31.9. The fourth-order valence-electron chi connectivity index (χ4n) is 5.10. The molecule has 3 heterocycles. The van der Waals surface area contributed by atoms with Gasteiger partial charge in [0.15, 0.2) is 5.90 Å². The molecule has 13 heteroatoms. The van der Waals surface area contributed by atoms with E-state index >= 15 is 4.39 Å². The molecule has 2 aromatic carbocycles. The molecule has 2 aliphatic rings. The van der Waals surface area contributed by atoms with E-state index in [9.17, 15) is 13.2 Å². The van der Waals surface area contributed by atoms with Gasteiger partial charge in [0.2, 0.25) is 11.1 Å². The summed E-state index contributed by atoms with van der Waals surface area (Å²) >= 11 is 0.861. The lowest BCUT2D eigenvalue weighted by Crippen LogP contribution is -2.55. The smallest absolute Gasteiger partial charge is 0.416 e. The second-order valence-corrected chi connectivity index (χ2v) is 10.3. The molecule has 0 bridgehead atoms. The summed E-state index contributed by atoms with van der Waals surface area (Å²) in [5.74, 6) is 1.10. The van der Waals surface area contributed by atoms with Crippen LogP contribution in [0.2, 0.25) is 0 Å². The highest BCUT2D eigenvalue weighted by molar-refractivity contribution is 7.08. The predicted molar refractivity (Wildman–Crippen MR) is 162 cm³/mol. The third-order valence-electron chi connectivity index (χ3n) is 7.22. The molecule has 0 radical (unpaired) electrons. The Bertz CT molecular complexity index is 1450. The van der Waals surface area contributed by atoms with E-state index in [1.165, 1.54) is 20.3 Å². The van der Waals surface area contributed by atoms with E-state index in [1.54, 1.807) is 17.4 Å². The first-order chi connectivity index (χ1) is 20.6. The molecule has 0 aliphatic carbocycles. The van der Waals surface area contributed by atoms with Crippen molar-refractivity contribution < 1.29 is 31.8 Å². The van der Waals surface area contributed by atoms with Gasteiger partial charge >= 0.3 is 6.18 Å². The summed E-state index contributed by atoms with van der Waals surface area (Å²) < 4.78 is 72.6. The largest absolute Gasteiger partial charge is 0.497 e. The van der Waals surface area contributed by atoms with E-state index < -0.39 is 22.9 Å². The molecule has 43 heavy (non-hydrogen) atoms. The Balaban J connectivity index is 0.00000207. The fraction of sp³-hybridized carbons (Fsp3) is 0.400. The van der Waals surface area contributed by atoms with Gasteiger partial charge in [-0.25, -0.2) is 4.99 Å². The van der Waals surface area contributed by atoms with E-state index in [0.29, 0.717) is 31.7 Å². The first-order valence-corrected chi connectivity index (χ1v) is 14.7. The molecule has 1 N–H and O–H groups in total. The van der Waals surface area contributed by atoms with Gasteiger partial charge in [-0.15, -0.1) is 11.3 Å². The summed E-state index contributed by atoms with van der Waals surface area (Å²) in [4.78, 5) is 10.4. The third-order valence-corrected chi connectivity index (χ3v) is 7.99. The van der Waals surface area contributed by atoms with Crippen molar-refractivity contribution in [3.8, 4) is 11.5 Å². The summed E-state index contributed by atoms with van der Waals surface area (Å²) in [5, 5.41) is 9.35. The van der Waals surface area contributed by atoms with Crippen molar-refractivity contribution in [3.05, 3.63) is 64.1 Å². The summed E-state index contributed by atoms with van der Waals surface area (Å²) in [7, 11) is 4.33. The van der Waals surface area contributed by atoms with Gasteiger partial charge in [0.1, 0.15) is 17.2 Å². The number of nitrogens with zero attached hydrogens (tertiary/aromatic N) is 4. The summed E-state index contributed by atoms with van der Waals surface area (Å²) in [6.45, 7) is 6.08. The van der Waals surface area contributed by atoms with Crippen LogP contribution < -0.4 is 19.3 Å². The number of nitrogens with one attached hydrogen (secondary N) is 1.